The molecule has 0 saturated carbocycles. The molecule has 1 amide bonds. The number of amides is 1. The number of aliphatic hydroxyl groups is 1. The maximum Gasteiger partial charge on any atom is 0.408 e. The van der Waals surface area contributed by atoms with Crippen molar-refractivity contribution in [3.63, 3.8) is 0 Å². The molecule has 2 N–H and O–H groups in total. The molecule has 16 heavy (non-hydrogen) atoms. The van der Waals surface area contributed by atoms with Crippen LogP contribution < -0.4 is 0 Å². The highest BCUT2D eigenvalue weighted by Crippen LogP contribution is 2.53. The van der Waals surface area contributed by atoms with E-state index in [1.54, 1.807) is 4.90 Å². The van der Waals surface area contributed by atoms with Gasteiger partial charge in [-0.25, -0.2) is 4.79 Å². The smallest absolute Gasteiger partial charge is 0.408 e. The zero-order chi connectivity index (χ0) is 12.1. The van der Waals surface area contributed by atoms with Crippen LogP contribution in [-0.4, -0.2) is 38.9 Å². The van der Waals surface area contributed by atoms with E-state index in [0.717, 1.165) is 12.8 Å². The normalized spacial score (nSPS) is 38.9. The molecule has 2 saturated heterocycles. The summed E-state index contributed by atoms with van der Waals surface area (Å²) in [5.41, 5.74) is -0.497. The van der Waals surface area contributed by atoms with Crippen LogP contribution in [0.1, 0.15) is 46.5 Å². The summed E-state index contributed by atoms with van der Waals surface area (Å²) in [5, 5.41) is 19.3. The summed E-state index contributed by atoms with van der Waals surface area (Å²) in [5.74, 6) is 0. The second-order valence-electron chi connectivity index (χ2n) is 6.22. The van der Waals surface area contributed by atoms with Gasteiger partial charge < -0.3 is 10.2 Å². The van der Waals surface area contributed by atoms with E-state index in [2.05, 4.69) is 20.8 Å². The van der Waals surface area contributed by atoms with Gasteiger partial charge >= 0.3 is 6.09 Å². The summed E-state index contributed by atoms with van der Waals surface area (Å²) in [4.78, 5) is 13.0. The van der Waals surface area contributed by atoms with E-state index < -0.39 is 6.09 Å². The monoisotopic (exact) mass is 227 g/mol. The van der Waals surface area contributed by atoms with Gasteiger partial charge in [0.2, 0.25) is 0 Å². The molecule has 0 aliphatic carbocycles. The highest BCUT2D eigenvalue weighted by atomic mass is 16.4. The Morgan fingerprint density at radius 1 is 1.44 bits per heavy atom. The maximum atomic E-state index is 11.4. The van der Waals surface area contributed by atoms with Gasteiger partial charge in [-0.15, -0.1) is 0 Å². The van der Waals surface area contributed by atoms with E-state index in [-0.39, 0.29) is 23.1 Å². The minimum atomic E-state index is -0.829. The van der Waals surface area contributed by atoms with Crippen molar-refractivity contribution < 1.29 is 15.0 Å². The lowest BCUT2D eigenvalue weighted by molar-refractivity contribution is -0.0588. The highest BCUT2D eigenvalue weighted by Gasteiger charge is 2.59. The molecule has 2 aliphatic rings. The predicted octanol–water partition coefficient (Wildman–Crippen LogP) is 2.07. The van der Waals surface area contributed by atoms with Crippen molar-refractivity contribution in [2.75, 3.05) is 0 Å². The van der Waals surface area contributed by atoms with Crippen LogP contribution in [0.4, 0.5) is 4.79 Å². The molecule has 2 heterocycles. The van der Waals surface area contributed by atoms with Crippen LogP contribution in [0.2, 0.25) is 0 Å². The first-order chi connectivity index (χ1) is 7.28. The first-order valence-electron chi connectivity index (χ1n) is 5.98. The molecule has 4 nitrogen and oxygen atoms in total. The quantitative estimate of drug-likeness (QED) is 0.666. The first-order valence-corrected chi connectivity index (χ1v) is 5.98. The van der Waals surface area contributed by atoms with E-state index in [1.165, 1.54) is 0 Å². The molecular weight excluding hydrogens is 206 g/mol. The summed E-state index contributed by atoms with van der Waals surface area (Å²) < 4.78 is 0. The maximum absolute atomic E-state index is 11.4. The fourth-order valence-electron chi connectivity index (χ4n) is 3.60. The van der Waals surface area contributed by atoms with Crippen molar-refractivity contribution in [3.05, 3.63) is 0 Å². The zero-order valence-electron chi connectivity index (χ0n) is 10.2. The summed E-state index contributed by atoms with van der Waals surface area (Å²) in [7, 11) is 0. The number of aliphatic hydroxyl groups excluding tert-OH is 1. The van der Waals surface area contributed by atoms with E-state index >= 15 is 0 Å². The summed E-state index contributed by atoms with van der Waals surface area (Å²) >= 11 is 0. The Balaban J connectivity index is 2.42. The summed E-state index contributed by atoms with van der Waals surface area (Å²) in [6.45, 7) is 6.22. The third kappa shape index (κ3) is 1.43. The van der Waals surface area contributed by atoms with Gasteiger partial charge in [0.05, 0.1) is 11.6 Å². The fraction of sp³-hybridized carbons (Fsp3) is 0.917. The number of carboxylic acid groups (broad SMARTS) is 1. The Morgan fingerprint density at radius 2 is 2.06 bits per heavy atom. The summed E-state index contributed by atoms with van der Waals surface area (Å²) in [6.07, 6.45) is 1.78. The molecule has 3 atom stereocenters. The Bertz CT molecular complexity index is 310. The SMILES string of the molecule is CC(C)(C)[C@@]12CC[C@@H](C[C@H](O)C1)N2C(=O)O. The number of hydrogen-bond acceptors (Lipinski definition) is 2. The highest BCUT2D eigenvalue weighted by molar-refractivity contribution is 5.68. The molecule has 2 fully saturated rings. The van der Waals surface area contributed by atoms with Crippen LogP contribution >= 0.6 is 0 Å². The number of hydrogen-bond donors (Lipinski definition) is 2. The number of rotatable bonds is 0. The molecule has 0 aromatic carbocycles. The third-order valence-corrected chi connectivity index (χ3v) is 4.44. The van der Waals surface area contributed by atoms with Gasteiger partial charge in [-0.3, -0.25) is 4.90 Å². The summed E-state index contributed by atoms with van der Waals surface area (Å²) in [6, 6.07) is 0.0143. The lowest BCUT2D eigenvalue weighted by Gasteiger charge is -2.52. The van der Waals surface area contributed by atoms with Crippen molar-refractivity contribution in [1.82, 2.24) is 4.90 Å². The Hall–Kier alpha value is -0.770. The second-order valence-corrected chi connectivity index (χ2v) is 6.22. The van der Waals surface area contributed by atoms with Gasteiger partial charge in [-0.05, 0) is 31.1 Å². The van der Waals surface area contributed by atoms with Gasteiger partial charge in [-0.2, -0.15) is 0 Å². The molecule has 0 aromatic heterocycles. The average Bonchev–Trinajstić information content (AvgIpc) is 2.35. The number of carbonyl (C=O) groups is 1. The van der Waals surface area contributed by atoms with Crippen LogP contribution in [0.3, 0.4) is 0 Å². The molecule has 92 valence electrons. The Kier molecular flexibility index (Phi) is 2.46. The van der Waals surface area contributed by atoms with E-state index in [9.17, 15) is 15.0 Å². The van der Waals surface area contributed by atoms with Gasteiger partial charge in [0.15, 0.2) is 0 Å². The fourth-order valence-corrected chi connectivity index (χ4v) is 3.60. The van der Waals surface area contributed by atoms with E-state index in [1.807, 2.05) is 0 Å². The van der Waals surface area contributed by atoms with Crippen molar-refractivity contribution in [3.8, 4) is 0 Å². The minimum absolute atomic E-state index is 0.0143. The van der Waals surface area contributed by atoms with Crippen molar-refractivity contribution in [1.29, 1.82) is 0 Å². The lowest BCUT2D eigenvalue weighted by Crippen LogP contribution is -2.62. The molecule has 2 bridgehead atoms. The van der Waals surface area contributed by atoms with Crippen molar-refractivity contribution in [2.24, 2.45) is 5.41 Å². The molecule has 2 aliphatic heterocycles. The molecule has 2 rings (SSSR count). The number of fused-ring (bicyclic) bond motifs is 2. The third-order valence-electron chi connectivity index (χ3n) is 4.44. The molecule has 0 radical (unpaired) electrons. The first kappa shape index (κ1) is 11.7. The van der Waals surface area contributed by atoms with Gasteiger partial charge in [0.25, 0.3) is 0 Å². The molecule has 0 aromatic rings. The van der Waals surface area contributed by atoms with Crippen molar-refractivity contribution in [2.45, 2.75) is 64.1 Å². The lowest BCUT2D eigenvalue weighted by atomic mass is 9.68. The molecule has 4 heteroatoms. The van der Waals surface area contributed by atoms with Crippen LogP contribution in [0.25, 0.3) is 0 Å². The molecule has 0 spiro atoms. The van der Waals surface area contributed by atoms with Crippen LogP contribution in [0, 0.1) is 5.41 Å². The minimum Gasteiger partial charge on any atom is -0.465 e. The average molecular weight is 227 g/mol. The second kappa shape index (κ2) is 3.36. The predicted molar refractivity (Wildman–Crippen MR) is 60.3 cm³/mol. The van der Waals surface area contributed by atoms with Gasteiger partial charge in [0.1, 0.15) is 0 Å². The largest absolute Gasteiger partial charge is 0.465 e. The van der Waals surface area contributed by atoms with Gasteiger partial charge in [-0.1, -0.05) is 20.8 Å². The zero-order valence-corrected chi connectivity index (χ0v) is 10.2. The topological polar surface area (TPSA) is 60.8 Å². The standard InChI is InChI=1S/C12H21NO3/c1-11(2,3)12-5-4-8(6-9(14)7-12)13(12)10(15)16/h8-9,14H,4-7H2,1-3H3,(H,15,16)/t8-,9-,12+/m0/s1. The number of nitrogens with zero attached hydrogens (tertiary/aromatic N) is 1. The van der Waals surface area contributed by atoms with Crippen LogP contribution in [-0.2, 0) is 0 Å². The van der Waals surface area contributed by atoms with Gasteiger partial charge in [0, 0.05) is 6.04 Å². The Labute approximate surface area is 96.3 Å². The Morgan fingerprint density at radius 3 is 2.56 bits per heavy atom. The van der Waals surface area contributed by atoms with E-state index in [4.69, 9.17) is 0 Å². The van der Waals surface area contributed by atoms with E-state index in [0.29, 0.717) is 12.8 Å². The van der Waals surface area contributed by atoms with Crippen LogP contribution in [0.15, 0.2) is 0 Å². The molecule has 0 unspecified atom stereocenters. The number of piperidine rings is 1. The molecular formula is C12H21NO3. The van der Waals surface area contributed by atoms with Crippen LogP contribution in [0.5, 0.6) is 0 Å². The van der Waals surface area contributed by atoms with Crippen molar-refractivity contribution >= 4 is 6.09 Å².